The number of amides is 2. The second-order valence-corrected chi connectivity index (χ2v) is 4.40. The number of phenolic OH excluding ortho intramolecular Hbond substituents is 1. The number of hydrogen-bond acceptors (Lipinski definition) is 2. The lowest BCUT2D eigenvalue weighted by Gasteiger charge is -2.29. The van der Waals surface area contributed by atoms with Crippen LogP contribution in [0.15, 0.2) is 18.2 Å². The summed E-state index contributed by atoms with van der Waals surface area (Å²) >= 11 is 0. The van der Waals surface area contributed by atoms with Crippen LogP contribution in [0.3, 0.4) is 0 Å². The van der Waals surface area contributed by atoms with Crippen molar-refractivity contribution in [2.45, 2.75) is 19.1 Å². The van der Waals surface area contributed by atoms with Crippen molar-refractivity contribution in [2.24, 2.45) is 0 Å². The maximum absolute atomic E-state index is 12.0. The molecule has 0 unspecified atom stereocenters. The number of nitrogens with one attached hydrogen (secondary N) is 1. The molecule has 4 nitrogen and oxygen atoms in total. The van der Waals surface area contributed by atoms with Crippen LogP contribution in [0.1, 0.15) is 11.1 Å². The molecule has 2 amide bonds. The highest BCUT2D eigenvalue weighted by molar-refractivity contribution is 5.74. The Kier molecular flexibility index (Phi) is 3.55. The van der Waals surface area contributed by atoms with Gasteiger partial charge in [-0.05, 0) is 29.7 Å². The molecule has 0 aromatic heterocycles. The largest absolute Gasteiger partial charge is 0.508 e. The molecule has 7 heteroatoms. The Balaban J connectivity index is 1.99. The summed E-state index contributed by atoms with van der Waals surface area (Å²) < 4.78 is 36.0. The minimum absolute atomic E-state index is 0.0799. The zero-order chi connectivity index (χ0) is 14.0. The molecule has 0 saturated carbocycles. The molecular formula is C12H13F3N2O2. The molecule has 0 radical (unpaired) electrons. The third kappa shape index (κ3) is 3.52. The average Bonchev–Trinajstić information content (AvgIpc) is 2.34. The van der Waals surface area contributed by atoms with Gasteiger partial charge in [-0.2, -0.15) is 13.2 Å². The van der Waals surface area contributed by atoms with Gasteiger partial charge in [-0.1, -0.05) is 6.07 Å². The molecule has 1 aromatic carbocycles. The van der Waals surface area contributed by atoms with Crippen molar-refractivity contribution in [2.75, 3.05) is 13.1 Å². The normalized spacial score (nSPS) is 15.0. The smallest absolute Gasteiger partial charge is 0.405 e. The van der Waals surface area contributed by atoms with Gasteiger partial charge in [-0.25, -0.2) is 4.79 Å². The molecule has 0 atom stereocenters. The molecule has 0 spiro atoms. The zero-order valence-electron chi connectivity index (χ0n) is 10.00. The molecule has 19 heavy (non-hydrogen) atoms. The summed E-state index contributed by atoms with van der Waals surface area (Å²) in [6.45, 7) is -0.774. The second-order valence-electron chi connectivity index (χ2n) is 4.40. The summed E-state index contributed by atoms with van der Waals surface area (Å²) in [6.07, 6.45) is -3.85. The Morgan fingerprint density at radius 2 is 2.11 bits per heavy atom. The highest BCUT2D eigenvalue weighted by Gasteiger charge is 2.29. The summed E-state index contributed by atoms with van der Waals surface area (Å²) in [5, 5.41) is 11.2. The maximum atomic E-state index is 12.0. The SMILES string of the molecule is O=C(NCC(F)(F)F)N1CCc2ccc(O)cc2C1. The summed E-state index contributed by atoms with van der Waals surface area (Å²) in [5.41, 5.74) is 1.76. The Hall–Kier alpha value is -1.92. The molecule has 0 aliphatic carbocycles. The fraction of sp³-hybridized carbons (Fsp3) is 0.417. The number of phenols is 1. The van der Waals surface area contributed by atoms with Gasteiger partial charge in [0.15, 0.2) is 0 Å². The lowest BCUT2D eigenvalue weighted by molar-refractivity contribution is -0.123. The van der Waals surface area contributed by atoms with Crippen LogP contribution in [-0.2, 0) is 13.0 Å². The highest BCUT2D eigenvalue weighted by Crippen LogP contribution is 2.23. The minimum atomic E-state index is -4.42. The maximum Gasteiger partial charge on any atom is 0.405 e. The van der Waals surface area contributed by atoms with Crippen molar-refractivity contribution in [3.05, 3.63) is 29.3 Å². The van der Waals surface area contributed by atoms with E-state index in [-0.39, 0.29) is 12.3 Å². The number of benzene rings is 1. The van der Waals surface area contributed by atoms with Crippen LogP contribution in [0, 0.1) is 0 Å². The summed E-state index contributed by atoms with van der Waals surface area (Å²) in [6, 6.07) is 4.10. The summed E-state index contributed by atoms with van der Waals surface area (Å²) in [4.78, 5) is 12.9. The first kappa shape index (κ1) is 13.5. The molecule has 2 N–H and O–H groups in total. The number of aromatic hydroxyl groups is 1. The Morgan fingerprint density at radius 3 is 2.79 bits per heavy atom. The van der Waals surface area contributed by atoms with Crippen molar-refractivity contribution in [1.29, 1.82) is 0 Å². The molecule has 0 saturated heterocycles. The Morgan fingerprint density at radius 1 is 1.37 bits per heavy atom. The van der Waals surface area contributed by atoms with Gasteiger partial charge in [-0.15, -0.1) is 0 Å². The van der Waals surface area contributed by atoms with Gasteiger partial charge in [-0.3, -0.25) is 0 Å². The van der Waals surface area contributed by atoms with Crippen LogP contribution in [0.5, 0.6) is 5.75 Å². The van der Waals surface area contributed by atoms with E-state index >= 15 is 0 Å². The van der Waals surface area contributed by atoms with E-state index in [1.165, 1.54) is 11.0 Å². The van der Waals surface area contributed by atoms with Crippen LogP contribution in [-0.4, -0.2) is 35.3 Å². The van der Waals surface area contributed by atoms with E-state index in [0.29, 0.717) is 13.0 Å². The van der Waals surface area contributed by atoms with Gasteiger partial charge in [0.1, 0.15) is 12.3 Å². The van der Waals surface area contributed by atoms with E-state index in [9.17, 15) is 23.1 Å². The van der Waals surface area contributed by atoms with Gasteiger partial charge < -0.3 is 15.3 Å². The fourth-order valence-corrected chi connectivity index (χ4v) is 2.00. The van der Waals surface area contributed by atoms with Crippen molar-refractivity contribution >= 4 is 6.03 Å². The lowest BCUT2D eigenvalue weighted by Crippen LogP contribution is -2.45. The van der Waals surface area contributed by atoms with E-state index in [1.54, 1.807) is 12.1 Å². The van der Waals surface area contributed by atoms with Gasteiger partial charge >= 0.3 is 12.2 Å². The number of fused-ring (bicyclic) bond motifs is 1. The monoisotopic (exact) mass is 274 g/mol. The van der Waals surface area contributed by atoms with Crippen LogP contribution in [0.25, 0.3) is 0 Å². The van der Waals surface area contributed by atoms with Crippen LogP contribution >= 0.6 is 0 Å². The summed E-state index contributed by atoms with van der Waals surface area (Å²) in [5.74, 6) is 0.0799. The topological polar surface area (TPSA) is 52.6 Å². The number of urea groups is 1. The number of nitrogens with zero attached hydrogens (tertiary/aromatic N) is 1. The van der Waals surface area contributed by atoms with Gasteiger partial charge in [0, 0.05) is 13.1 Å². The first-order chi connectivity index (χ1) is 8.85. The third-order valence-electron chi connectivity index (χ3n) is 2.93. The number of carbonyl (C=O) groups is 1. The first-order valence-electron chi connectivity index (χ1n) is 5.75. The predicted octanol–water partition coefficient (Wildman–Crippen LogP) is 2.02. The third-order valence-corrected chi connectivity index (χ3v) is 2.93. The quantitative estimate of drug-likeness (QED) is 0.823. The van der Waals surface area contributed by atoms with E-state index in [1.807, 2.05) is 5.32 Å². The van der Waals surface area contributed by atoms with Gasteiger partial charge in [0.05, 0.1) is 0 Å². The van der Waals surface area contributed by atoms with E-state index in [0.717, 1.165) is 11.1 Å². The molecular weight excluding hydrogens is 261 g/mol. The highest BCUT2D eigenvalue weighted by atomic mass is 19.4. The van der Waals surface area contributed by atoms with E-state index in [4.69, 9.17) is 0 Å². The second kappa shape index (κ2) is 4.99. The van der Waals surface area contributed by atoms with E-state index in [2.05, 4.69) is 0 Å². The first-order valence-corrected chi connectivity index (χ1v) is 5.75. The van der Waals surface area contributed by atoms with Crippen LogP contribution < -0.4 is 5.32 Å². The number of halogens is 3. The van der Waals surface area contributed by atoms with Crippen LogP contribution in [0.2, 0.25) is 0 Å². The van der Waals surface area contributed by atoms with Crippen LogP contribution in [0.4, 0.5) is 18.0 Å². The Bertz CT molecular complexity index is 488. The molecule has 1 aliphatic heterocycles. The van der Waals surface area contributed by atoms with Gasteiger partial charge in [0.2, 0.25) is 0 Å². The minimum Gasteiger partial charge on any atom is -0.508 e. The molecule has 1 heterocycles. The standard InChI is InChI=1S/C12H13F3N2O2/c13-12(14,15)7-16-11(19)17-4-3-8-1-2-10(18)5-9(8)6-17/h1-2,5,18H,3-4,6-7H2,(H,16,19). The zero-order valence-corrected chi connectivity index (χ0v) is 10.00. The average molecular weight is 274 g/mol. The Labute approximate surface area is 107 Å². The van der Waals surface area contributed by atoms with Gasteiger partial charge in [0.25, 0.3) is 0 Å². The lowest BCUT2D eigenvalue weighted by atomic mass is 10.00. The molecule has 0 bridgehead atoms. The summed E-state index contributed by atoms with van der Waals surface area (Å²) in [7, 11) is 0. The van der Waals surface area contributed by atoms with Crippen molar-refractivity contribution < 1.29 is 23.1 Å². The molecule has 1 aliphatic rings. The van der Waals surface area contributed by atoms with Crippen molar-refractivity contribution in [3.63, 3.8) is 0 Å². The van der Waals surface area contributed by atoms with Crippen molar-refractivity contribution in [3.8, 4) is 5.75 Å². The number of hydrogen-bond donors (Lipinski definition) is 2. The molecule has 104 valence electrons. The molecule has 2 rings (SSSR count). The molecule has 0 fully saturated rings. The number of rotatable bonds is 1. The van der Waals surface area contributed by atoms with Crippen molar-refractivity contribution in [1.82, 2.24) is 10.2 Å². The number of alkyl halides is 3. The van der Waals surface area contributed by atoms with E-state index < -0.39 is 18.8 Å². The fourth-order valence-electron chi connectivity index (χ4n) is 2.00. The number of carbonyl (C=O) groups excluding carboxylic acids is 1. The molecule has 1 aromatic rings. The predicted molar refractivity (Wildman–Crippen MR) is 61.7 cm³/mol.